The van der Waals surface area contributed by atoms with Crippen LogP contribution in [-0.4, -0.2) is 183 Å². The summed E-state index contributed by atoms with van der Waals surface area (Å²) in [4.78, 5) is 40.4. The van der Waals surface area contributed by atoms with E-state index in [1.165, 1.54) is 7.11 Å². The molecule has 6 atom stereocenters. The Balaban J connectivity index is 0.000000265. The van der Waals surface area contributed by atoms with E-state index in [1.54, 1.807) is 27.4 Å². The normalized spacial score (nSPS) is 17.1. The zero-order valence-corrected chi connectivity index (χ0v) is 75.6. The molecule has 4 aliphatic rings. The van der Waals surface area contributed by atoms with Crippen molar-refractivity contribution in [2.45, 2.75) is 243 Å². The van der Waals surface area contributed by atoms with Gasteiger partial charge in [-0.15, -0.1) is 0 Å². The van der Waals surface area contributed by atoms with E-state index in [9.17, 15) is 14.7 Å². The monoisotopic (exact) mass is 1630 g/mol. The SMILES string of the molecule is [C-]#[N+][C@@H](C(Cc1cc(O)c(OC)c(C)c1OC)NC(=O)OCC1c2ccccc2-c2ccccc21)N1CCO[C@@H](CCCCO[Si](C)(C(C)C)C(C)C)C1.[C-]#[N+][C@@H](C(Cc1cc(O[Si](C)(C)C(C)(C)C)c(OC)c(C)c1OC)NC(=O)OCC1c2ccccc2-c2ccccc21)N1CCO[C@@H](CCCCO[Si](C)(C(C)C)C(C)C)C1. The lowest BCUT2D eigenvalue weighted by Gasteiger charge is -2.37. The van der Waals surface area contributed by atoms with Crippen molar-refractivity contribution in [3.63, 3.8) is 0 Å². The van der Waals surface area contributed by atoms with Crippen LogP contribution in [-0.2, 0) is 40.6 Å². The third-order valence-electron chi connectivity index (χ3n) is 25.5. The topological polar surface area (TPSA) is 195 Å². The van der Waals surface area contributed by atoms with Crippen LogP contribution in [0, 0.1) is 27.0 Å². The van der Waals surface area contributed by atoms with Crippen LogP contribution in [0.25, 0.3) is 31.9 Å². The predicted octanol–water partition coefficient (Wildman–Crippen LogP) is 20.1. The average Bonchev–Trinajstić information content (AvgIpc) is 1.68. The molecule has 2 unspecified atom stereocenters. The van der Waals surface area contributed by atoms with E-state index in [2.05, 4.69) is 181 Å². The number of benzene rings is 6. The van der Waals surface area contributed by atoms with Crippen molar-refractivity contribution in [1.29, 1.82) is 0 Å². The van der Waals surface area contributed by atoms with Crippen molar-refractivity contribution in [2.24, 2.45) is 0 Å². The van der Waals surface area contributed by atoms with Crippen LogP contribution in [0.1, 0.15) is 171 Å². The molecule has 626 valence electrons. The Morgan fingerprint density at radius 2 is 0.878 bits per heavy atom. The van der Waals surface area contributed by atoms with Crippen molar-refractivity contribution in [3.8, 4) is 56.8 Å². The van der Waals surface area contributed by atoms with Crippen molar-refractivity contribution >= 4 is 37.1 Å². The summed E-state index contributed by atoms with van der Waals surface area (Å²) in [5, 5.41) is 17.1. The van der Waals surface area contributed by atoms with Crippen LogP contribution in [0.4, 0.5) is 9.59 Å². The number of aromatic hydroxyl groups is 1. The molecule has 6 aromatic rings. The van der Waals surface area contributed by atoms with E-state index in [4.69, 9.17) is 64.3 Å². The molecule has 2 aliphatic carbocycles. The smallest absolute Gasteiger partial charge is 0.407 e. The number of methoxy groups -OCH3 is 4. The molecular weight excluding hydrogens is 1500 g/mol. The molecule has 10 rings (SSSR count). The zero-order chi connectivity index (χ0) is 83.7. The van der Waals surface area contributed by atoms with Crippen LogP contribution in [0.2, 0.25) is 53.4 Å². The summed E-state index contributed by atoms with van der Waals surface area (Å²) in [5.74, 6) is 2.52. The molecule has 20 nitrogen and oxygen atoms in total. The van der Waals surface area contributed by atoms with Gasteiger partial charge in [0.2, 0.25) is 0 Å². The molecule has 0 aromatic heterocycles. The van der Waals surface area contributed by atoms with Gasteiger partial charge in [0.25, 0.3) is 20.6 Å². The first-order valence-corrected chi connectivity index (χ1v) is 49.6. The second kappa shape index (κ2) is 41.0. The van der Waals surface area contributed by atoms with Crippen molar-refractivity contribution in [1.82, 2.24) is 20.4 Å². The molecule has 2 fully saturated rings. The minimum Gasteiger partial charge on any atom is -0.541 e. The number of ether oxygens (including phenoxy) is 8. The van der Waals surface area contributed by atoms with Gasteiger partial charge in [-0.3, -0.25) is 9.69 Å². The maximum absolute atomic E-state index is 14.1. The second-order valence-corrected chi connectivity index (χ2v) is 49.3. The highest BCUT2D eigenvalue weighted by atomic mass is 28.4. The number of hydrogen-bond donors (Lipinski definition) is 3. The number of unbranched alkanes of at least 4 members (excludes halogenated alkanes) is 2. The Bertz CT molecular complexity index is 4200. The molecule has 2 saturated heterocycles. The van der Waals surface area contributed by atoms with Crippen LogP contribution in [0.5, 0.6) is 34.5 Å². The van der Waals surface area contributed by atoms with Gasteiger partial charge in [-0.1, -0.05) is 173 Å². The third kappa shape index (κ3) is 21.7. The first kappa shape index (κ1) is 91.0. The summed E-state index contributed by atoms with van der Waals surface area (Å²) in [6.07, 6.45) is 3.44. The minimum absolute atomic E-state index is 0.0331. The fourth-order valence-electron chi connectivity index (χ4n) is 16.8. The van der Waals surface area contributed by atoms with Crippen molar-refractivity contribution < 1.29 is 65.9 Å². The average molecular weight is 1630 g/mol. The van der Waals surface area contributed by atoms with Gasteiger partial charge in [-0.2, -0.15) is 0 Å². The van der Waals surface area contributed by atoms with Gasteiger partial charge in [-0.25, -0.2) is 32.5 Å². The van der Waals surface area contributed by atoms with Gasteiger partial charge in [0, 0.05) is 86.3 Å². The molecule has 6 aromatic carbocycles. The number of alkyl carbamates (subject to hydrolysis) is 2. The van der Waals surface area contributed by atoms with Crippen LogP contribution < -0.4 is 34.0 Å². The summed E-state index contributed by atoms with van der Waals surface area (Å²) in [6, 6.07) is 35.3. The Hall–Kier alpha value is -7.95. The lowest BCUT2D eigenvalue weighted by molar-refractivity contribution is -0.0461. The van der Waals surface area contributed by atoms with Crippen LogP contribution in [0.3, 0.4) is 0 Å². The fourth-order valence-corrected chi connectivity index (χ4v) is 22.9. The molecule has 0 radical (unpaired) electrons. The Kier molecular flexibility index (Phi) is 32.4. The minimum atomic E-state index is -2.29. The third-order valence-corrected chi connectivity index (χ3v) is 40.7. The van der Waals surface area contributed by atoms with E-state index < -0.39 is 61.6 Å². The molecule has 2 heterocycles. The summed E-state index contributed by atoms with van der Waals surface area (Å²) in [6.45, 7) is 59.9. The van der Waals surface area contributed by atoms with E-state index in [-0.39, 0.29) is 54.5 Å². The number of carbonyl (C=O) groups is 2. The number of carbonyl (C=O) groups excluding carboxylic acids is 2. The molecule has 2 aliphatic heterocycles. The van der Waals surface area contributed by atoms with E-state index in [0.29, 0.717) is 108 Å². The van der Waals surface area contributed by atoms with Gasteiger partial charge in [0.15, 0.2) is 33.9 Å². The van der Waals surface area contributed by atoms with E-state index in [0.717, 1.165) is 107 Å². The van der Waals surface area contributed by atoms with Crippen molar-refractivity contribution in [2.75, 3.05) is 94.3 Å². The number of rotatable bonds is 36. The van der Waals surface area contributed by atoms with E-state index in [1.807, 2.05) is 68.4 Å². The lowest BCUT2D eigenvalue weighted by Crippen LogP contribution is -2.56. The van der Waals surface area contributed by atoms with Gasteiger partial charge in [0.1, 0.15) is 42.5 Å². The van der Waals surface area contributed by atoms with Gasteiger partial charge < -0.3 is 66.9 Å². The number of nitrogens with zero attached hydrogens (tertiary/aromatic N) is 4. The summed E-state index contributed by atoms with van der Waals surface area (Å²) >= 11 is 0. The lowest BCUT2D eigenvalue weighted by atomic mass is 9.98. The van der Waals surface area contributed by atoms with E-state index >= 15 is 0 Å². The van der Waals surface area contributed by atoms with Crippen molar-refractivity contribution in [3.05, 3.63) is 177 Å². The first-order chi connectivity index (χ1) is 54.8. The Morgan fingerprint density at radius 3 is 1.22 bits per heavy atom. The predicted molar refractivity (Wildman–Crippen MR) is 466 cm³/mol. The number of hydrogen-bond acceptors (Lipinski definition) is 16. The number of phenols is 1. The number of phenolic OH excluding ortho intramolecular Hbond substituents is 1. The standard InChI is InChI=1S/C49H73N3O7Si2.C43H59N3O7Si/c1-33(2)61(14,34(3)4)58-27-20-19-21-37-31-52(26-28-56-37)47(50-9)43(29-36-30-44(59-60(12,13)49(6,7)8)46(55-11)35(5)45(36)54-10)51-48(53)57-32-42-40-24-17-15-22-38(40)39-23-16-18-25-41(39)42;1-28(2)54(9,29(3)4)53-22-15-14-16-32-26-46(21-23-51-32)42(44-6)38(24-31-25-39(47)41(50-8)30(5)40(31)49-7)45-43(48)52-27-37-35-19-12-10-17-33(35)34-18-11-13-20-36(34)37/h15-18,22-25,30,33-34,37,42-43,47H,19-21,26-29,31-32H2,1-8,10-14H3,(H,51,53);10-13,17-20,25,28-29,32,37-38,42,47H,14-16,21-24,26-27H2,1-5,7-9H3,(H,45,48)/t37-,43?,47+;32-,38?,42+/m00/s1. The van der Waals surface area contributed by atoms with Gasteiger partial charge in [0.05, 0.1) is 53.9 Å². The maximum atomic E-state index is 14.1. The van der Waals surface area contributed by atoms with Crippen LogP contribution in [0.15, 0.2) is 109 Å². The highest BCUT2D eigenvalue weighted by Gasteiger charge is 2.45. The molecule has 2 amide bonds. The fraction of sp³-hybridized carbons (Fsp3) is 0.565. The Morgan fingerprint density at radius 1 is 0.530 bits per heavy atom. The molecule has 0 spiro atoms. The molecule has 3 N–H and O–H groups in total. The highest BCUT2D eigenvalue weighted by molar-refractivity contribution is 6.75. The number of morpholine rings is 2. The second-order valence-electron chi connectivity index (χ2n) is 34.6. The Labute approximate surface area is 690 Å². The number of fused-ring (bicyclic) bond motifs is 6. The molecule has 0 bridgehead atoms. The van der Waals surface area contributed by atoms with Gasteiger partial charge >= 0.3 is 12.2 Å². The van der Waals surface area contributed by atoms with Crippen LogP contribution >= 0.6 is 0 Å². The molecule has 0 saturated carbocycles. The summed E-state index contributed by atoms with van der Waals surface area (Å²) in [5.41, 5.74) is 14.3. The molecular formula is C92H132N6O14Si3. The first-order valence-electron chi connectivity index (χ1n) is 41.6. The molecule has 23 heteroatoms. The maximum Gasteiger partial charge on any atom is 0.407 e. The molecule has 115 heavy (non-hydrogen) atoms. The highest BCUT2D eigenvalue weighted by Crippen LogP contribution is 2.49. The quantitative estimate of drug-likeness (QED) is 0.0191. The zero-order valence-electron chi connectivity index (χ0n) is 72.6. The summed E-state index contributed by atoms with van der Waals surface area (Å²) < 4.78 is 67.8. The van der Waals surface area contributed by atoms with Gasteiger partial charge in [-0.05, 0) is 162 Å². The number of nitrogens with one attached hydrogen (secondary N) is 2. The largest absolute Gasteiger partial charge is 0.541 e. The summed E-state index contributed by atoms with van der Waals surface area (Å²) in [7, 11) is 0.453. The number of amides is 2.